The van der Waals surface area contributed by atoms with E-state index in [4.69, 9.17) is 5.73 Å². The average molecular weight is 274 g/mol. The molecule has 1 amide bonds. The molecule has 3 heteroatoms. The van der Waals surface area contributed by atoms with Crippen LogP contribution in [-0.4, -0.2) is 11.4 Å². The van der Waals surface area contributed by atoms with Gasteiger partial charge < -0.3 is 11.1 Å². The third kappa shape index (κ3) is 3.21. The molecule has 0 bridgehead atoms. The summed E-state index contributed by atoms with van der Waals surface area (Å²) >= 11 is 0. The van der Waals surface area contributed by atoms with Gasteiger partial charge in [-0.25, -0.2) is 0 Å². The number of nitrogens with two attached hydrogens (primary N) is 1. The molecule has 1 aromatic carbocycles. The Morgan fingerprint density at radius 3 is 2.10 bits per heavy atom. The minimum atomic E-state index is -0.647. The number of hydrogen-bond acceptors (Lipinski definition) is 2. The van der Waals surface area contributed by atoms with Crippen LogP contribution >= 0.6 is 0 Å². The number of carbonyl (C=O) groups excluding carboxylic acids is 1. The zero-order valence-electron chi connectivity index (χ0n) is 12.8. The Morgan fingerprint density at radius 1 is 1.10 bits per heavy atom. The van der Waals surface area contributed by atoms with E-state index in [2.05, 4.69) is 43.4 Å². The van der Waals surface area contributed by atoms with Crippen molar-refractivity contribution in [3.05, 3.63) is 35.4 Å². The Morgan fingerprint density at radius 2 is 1.60 bits per heavy atom. The van der Waals surface area contributed by atoms with Gasteiger partial charge in [0.1, 0.15) is 0 Å². The Kier molecular flexibility index (Phi) is 4.48. The molecule has 2 rings (SSSR count). The van der Waals surface area contributed by atoms with E-state index in [0.717, 1.165) is 31.2 Å². The molecule has 1 unspecified atom stereocenters. The monoisotopic (exact) mass is 274 g/mol. The van der Waals surface area contributed by atoms with Crippen molar-refractivity contribution in [2.24, 2.45) is 5.73 Å². The van der Waals surface area contributed by atoms with Crippen LogP contribution in [0.4, 0.5) is 0 Å². The van der Waals surface area contributed by atoms with E-state index in [0.29, 0.717) is 5.92 Å². The fourth-order valence-corrected chi connectivity index (χ4v) is 2.83. The average Bonchev–Trinajstić information content (AvgIpc) is 2.87. The van der Waals surface area contributed by atoms with Crippen LogP contribution < -0.4 is 11.1 Å². The predicted molar refractivity (Wildman–Crippen MR) is 82.5 cm³/mol. The lowest BCUT2D eigenvalue weighted by Crippen LogP contribution is -2.52. The molecule has 0 radical (unpaired) electrons. The summed E-state index contributed by atoms with van der Waals surface area (Å²) in [5, 5.41) is 3.06. The maximum Gasteiger partial charge on any atom is 0.240 e. The van der Waals surface area contributed by atoms with E-state index in [9.17, 15) is 4.79 Å². The number of nitrogens with one attached hydrogen (secondary N) is 1. The molecule has 1 aliphatic rings. The molecule has 110 valence electrons. The first kappa shape index (κ1) is 15.0. The molecule has 1 aliphatic carbocycles. The predicted octanol–water partition coefficient (Wildman–Crippen LogP) is 3.26. The van der Waals surface area contributed by atoms with Gasteiger partial charge >= 0.3 is 0 Å². The summed E-state index contributed by atoms with van der Waals surface area (Å²) in [5.41, 5.74) is 7.98. The number of rotatable bonds is 4. The first-order valence-corrected chi connectivity index (χ1v) is 7.62. The second-order valence-electron chi connectivity index (χ2n) is 6.38. The van der Waals surface area contributed by atoms with Crippen molar-refractivity contribution in [3.8, 4) is 0 Å². The highest BCUT2D eigenvalue weighted by Crippen LogP contribution is 2.28. The van der Waals surface area contributed by atoms with Gasteiger partial charge in [0.15, 0.2) is 0 Å². The highest BCUT2D eigenvalue weighted by molar-refractivity contribution is 5.86. The second-order valence-corrected chi connectivity index (χ2v) is 6.38. The largest absolute Gasteiger partial charge is 0.348 e. The van der Waals surface area contributed by atoms with E-state index in [-0.39, 0.29) is 11.9 Å². The van der Waals surface area contributed by atoms with Gasteiger partial charge in [0, 0.05) is 0 Å². The van der Waals surface area contributed by atoms with Gasteiger partial charge in [-0.05, 0) is 36.8 Å². The Balaban J connectivity index is 2.00. The first-order valence-electron chi connectivity index (χ1n) is 7.62. The summed E-state index contributed by atoms with van der Waals surface area (Å²) in [5.74, 6) is 0.523. The highest BCUT2D eigenvalue weighted by Gasteiger charge is 2.37. The van der Waals surface area contributed by atoms with Crippen LogP contribution in [0, 0.1) is 0 Å². The molecule has 1 atom stereocenters. The first-order chi connectivity index (χ1) is 9.42. The molecule has 0 aliphatic heterocycles. The van der Waals surface area contributed by atoms with Gasteiger partial charge in [-0.1, -0.05) is 51.0 Å². The SMILES string of the molecule is CC(C)c1ccc(C(C)NC(=O)C2(N)CCCC2)cc1. The van der Waals surface area contributed by atoms with Crippen LogP contribution in [-0.2, 0) is 4.79 Å². The Hall–Kier alpha value is -1.35. The topological polar surface area (TPSA) is 55.1 Å². The molecule has 0 aromatic heterocycles. The summed E-state index contributed by atoms with van der Waals surface area (Å²) in [6, 6.07) is 8.47. The standard InChI is InChI=1S/C17H26N2O/c1-12(2)14-6-8-15(9-7-14)13(3)19-16(20)17(18)10-4-5-11-17/h6-9,12-13H,4-5,10-11,18H2,1-3H3,(H,19,20). The van der Waals surface area contributed by atoms with E-state index in [1.807, 2.05) is 6.92 Å². The van der Waals surface area contributed by atoms with Crippen molar-refractivity contribution < 1.29 is 4.79 Å². The second kappa shape index (κ2) is 5.96. The molecule has 1 aromatic rings. The van der Waals surface area contributed by atoms with E-state index in [1.165, 1.54) is 5.56 Å². The smallest absolute Gasteiger partial charge is 0.240 e. The lowest BCUT2D eigenvalue weighted by molar-refractivity contribution is -0.126. The van der Waals surface area contributed by atoms with Crippen LogP contribution in [0.25, 0.3) is 0 Å². The quantitative estimate of drug-likeness (QED) is 0.885. The number of hydrogen-bond donors (Lipinski definition) is 2. The zero-order chi connectivity index (χ0) is 14.8. The van der Waals surface area contributed by atoms with Crippen molar-refractivity contribution in [2.45, 2.75) is 64.0 Å². The number of amides is 1. The summed E-state index contributed by atoms with van der Waals surface area (Å²) in [7, 11) is 0. The van der Waals surface area contributed by atoms with Gasteiger partial charge in [0.05, 0.1) is 11.6 Å². The zero-order valence-corrected chi connectivity index (χ0v) is 12.8. The third-order valence-corrected chi connectivity index (χ3v) is 4.40. The van der Waals surface area contributed by atoms with E-state index in [1.54, 1.807) is 0 Å². The molecular formula is C17H26N2O. The normalized spacial score (nSPS) is 19.1. The van der Waals surface area contributed by atoms with Crippen LogP contribution in [0.3, 0.4) is 0 Å². The molecule has 3 nitrogen and oxygen atoms in total. The molecule has 1 saturated carbocycles. The van der Waals surface area contributed by atoms with Crippen molar-refractivity contribution in [1.29, 1.82) is 0 Å². The summed E-state index contributed by atoms with van der Waals surface area (Å²) in [4.78, 5) is 12.3. The Bertz CT molecular complexity index is 458. The minimum Gasteiger partial charge on any atom is -0.348 e. The van der Waals surface area contributed by atoms with Crippen molar-refractivity contribution in [3.63, 3.8) is 0 Å². The molecule has 20 heavy (non-hydrogen) atoms. The Labute approximate surface area is 121 Å². The number of benzene rings is 1. The van der Waals surface area contributed by atoms with Gasteiger partial charge in [0.2, 0.25) is 5.91 Å². The van der Waals surface area contributed by atoms with Crippen LogP contribution in [0.15, 0.2) is 24.3 Å². The van der Waals surface area contributed by atoms with E-state index < -0.39 is 5.54 Å². The van der Waals surface area contributed by atoms with Crippen molar-refractivity contribution in [2.75, 3.05) is 0 Å². The molecule has 0 spiro atoms. The van der Waals surface area contributed by atoms with Crippen LogP contribution in [0.5, 0.6) is 0 Å². The summed E-state index contributed by atoms with van der Waals surface area (Å²) in [6.45, 7) is 6.37. The molecule has 0 saturated heterocycles. The molecule has 3 N–H and O–H groups in total. The van der Waals surface area contributed by atoms with Gasteiger partial charge in [-0.2, -0.15) is 0 Å². The minimum absolute atomic E-state index is 0.00423. The maximum absolute atomic E-state index is 12.3. The van der Waals surface area contributed by atoms with Gasteiger partial charge in [0.25, 0.3) is 0 Å². The fourth-order valence-electron chi connectivity index (χ4n) is 2.83. The summed E-state index contributed by atoms with van der Waals surface area (Å²) in [6.07, 6.45) is 3.72. The van der Waals surface area contributed by atoms with E-state index >= 15 is 0 Å². The summed E-state index contributed by atoms with van der Waals surface area (Å²) < 4.78 is 0. The lowest BCUT2D eigenvalue weighted by Gasteiger charge is -2.25. The lowest BCUT2D eigenvalue weighted by atomic mass is 9.96. The van der Waals surface area contributed by atoms with Gasteiger partial charge in [-0.3, -0.25) is 4.79 Å². The van der Waals surface area contributed by atoms with Crippen LogP contribution in [0.1, 0.15) is 69.5 Å². The van der Waals surface area contributed by atoms with Crippen molar-refractivity contribution >= 4 is 5.91 Å². The maximum atomic E-state index is 12.3. The van der Waals surface area contributed by atoms with Gasteiger partial charge in [-0.15, -0.1) is 0 Å². The highest BCUT2D eigenvalue weighted by atomic mass is 16.2. The molecule has 0 heterocycles. The van der Waals surface area contributed by atoms with Crippen molar-refractivity contribution in [1.82, 2.24) is 5.32 Å². The fraction of sp³-hybridized carbons (Fsp3) is 0.588. The third-order valence-electron chi connectivity index (χ3n) is 4.40. The van der Waals surface area contributed by atoms with Crippen LogP contribution in [0.2, 0.25) is 0 Å². The molecular weight excluding hydrogens is 248 g/mol. The number of carbonyl (C=O) groups is 1. The molecule has 1 fully saturated rings.